The second kappa shape index (κ2) is 3.05. The Bertz CT molecular complexity index is 191. The Kier molecular flexibility index (Phi) is 2.42. The van der Waals surface area contributed by atoms with Gasteiger partial charge in [0, 0.05) is 11.8 Å². The van der Waals surface area contributed by atoms with Gasteiger partial charge in [-0.3, -0.25) is 0 Å². The average molecular weight is 171 g/mol. The fourth-order valence-electron chi connectivity index (χ4n) is 1.10. The summed E-state index contributed by atoms with van der Waals surface area (Å²) in [7, 11) is 0. The maximum Gasteiger partial charge on any atom is 0.158 e. The van der Waals surface area contributed by atoms with Crippen LogP contribution in [-0.2, 0) is 4.84 Å². The lowest BCUT2D eigenvalue weighted by Gasteiger charge is -2.17. The van der Waals surface area contributed by atoms with E-state index in [1.807, 2.05) is 0 Å². The molecule has 0 amide bonds. The van der Waals surface area contributed by atoms with E-state index >= 15 is 0 Å². The highest BCUT2D eigenvalue weighted by atomic mass is 16.7. The van der Waals surface area contributed by atoms with E-state index in [1.54, 1.807) is 6.92 Å². The van der Waals surface area contributed by atoms with Gasteiger partial charge in [-0.05, 0) is 6.92 Å². The van der Waals surface area contributed by atoms with Crippen LogP contribution in [-0.4, -0.2) is 23.0 Å². The molecule has 12 heavy (non-hydrogen) atoms. The van der Waals surface area contributed by atoms with Crippen LogP contribution in [0.1, 0.15) is 34.1 Å². The normalized spacial score (nSPS) is 26.4. The molecule has 3 nitrogen and oxygen atoms in total. The molecule has 0 saturated heterocycles. The second-order valence-corrected chi connectivity index (χ2v) is 4.38. The van der Waals surface area contributed by atoms with Crippen molar-refractivity contribution in [1.29, 1.82) is 0 Å². The molecule has 2 atom stereocenters. The molecule has 0 aromatic carbocycles. The highest BCUT2D eigenvalue weighted by Gasteiger charge is 2.31. The Balaban J connectivity index is 2.55. The lowest BCUT2D eigenvalue weighted by atomic mass is 9.86. The maximum atomic E-state index is 9.24. The van der Waals surface area contributed by atoms with Crippen LogP contribution in [0.15, 0.2) is 5.16 Å². The van der Waals surface area contributed by atoms with Crippen molar-refractivity contribution in [2.24, 2.45) is 10.6 Å². The molecular weight excluding hydrogens is 154 g/mol. The van der Waals surface area contributed by atoms with Crippen LogP contribution in [0.2, 0.25) is 0 Å². The summed E-state index contributed by atoms with van der Waals surface area (Å²) in [6.45, 7) is 8.02. The minimum absolute atomic E-state index is 0.0592. The predicted molar refractivity (Wildman–Crippen MR) is 48.1 cm³/mol. The molecule has 1 aliphatic rings. The van der Waals surface area contributed by atoms with Crippen LogP contribution in [0.4, 0.5) is 0 Å². The highest BCUT2D eigenvalue weighted by molar-refractivity contribution is 5.90. The summed E-state index contributed by atoms with van der Waals surface area (Å²) in [5.41, 5.74) is 1.09. The molecule has 3 heteroatoms. The number of nitrogens with zero attached hydrogens (tertiary/aromatic N) is 1. The van der Waals surface area contributed by atoms with Crippen molar-refractivity contribution in [3.05, 3.63) is 0 Å². The summed E-state index contributed by atoms with van der Waals surface area (Å²) in [5, 5.41) is 13.2. The van der Waals surface area contributed by atoms with Crippen LogP contribution < -0.4 is 0 Å². The molecule has 0 fully saturated rings. The van der Waals surface area contributed by atoms with Crippen LogP contribution in [0.3, 0.4) is 0 Å². The van der Waals surface area contributed by atoms with Crippen molar-refractivity contribution in [3.8, 4) is 0 Å². The summed E-state index contributed by atoms with van der Waals surface area (Å²) in [6, 6.07) is 0. The van der Waals surface area contributed by atoms with Gasteiger partial charge in [-0.2, -0.15) is 0 Å². The zero-order chi connectivity index (χ0) is 9.35. The third-order valence-corrected chi connectivity index (χ3v) is 2.10. The van der Waals surface area contributed by atoms with E-state index in [0.29, 0.717) is 0 Å². The smallest absolute Gasteiger partial charge is 0.158 e. The number of aliphatic hydroxyl groups excluding tert-OH is 1. The first-order valence-corrected chi connectivity index (χ1v) is 4.32. The van der Waals surface area contributed by atoms with Gasteiger partial charge in [-0.1, -0.05) is 25.9 Å². The van der Waals surface area contributed by atoms with Gasteiger partial charge in [-0.25, -0.2) is 0 Å². The molecule has 0 unspecified atom stereocenters. The summed E-state index contributed by atoms with van der Waals surface area (Å²) in [4.78, 5) is 5.09. The quantitative estimate of drug-likeness (QED) is 0.650. The standard InChI is InChI=1S/C9H17NO2/c1-6(11)7-5-8(10-12-7)9(2,3)4/h6-7,11H,5H2,1-4H3/t6-,7+/m1/s1. The Labute approximate surface area is 73.4 Å². The number of oxime groups is 1. The van der Waals surface area contributed by atoms with E-state index < -0.39 is 6.10 Å². The number of rotatable bonds is 1. The van der Waals surface area contributed by atoms with Gasteiger partial charge in [0.1, 0.15) is 0 Å². The molecule has 0 bridgehead atoms. The Morgan fingerprint density at radius 3 is 2.42 bits per heavy atom. The van der Waals surface area contributed by atoms with Crippen molar-refractivity contribution in [2.45, 2.75) is 46.3 Å². The average Bonchev–Trinajstić information content (AvgIpc) is 2.30. The molecule has 0 radical (unpaired) electrons. The van der Waals surface area contributed by atoms with E-state index in [2.05, 4.69) is 25.9 Å². The number of aliphatic hydroxyl groups is 1. The molecule has 0 aromatic rings. The molecule has 1 heterocycles. The first kappa shape index (κ1) is 9.52. The van der Waals surface area contributed by atoms with Crippen LogP contribution in [0.5, 0.6) is 0 Å². The van der Waals surface area contributed by atoms with Gasteiger partial charge in [0.05, 0.1) is 11.8 Å². The van der Waals surface area contributed by atoms with E-state index in [-0.39, 0.29) is 11.5 Å². The largest absolute Gasteiger partial charge is 0.389 e. The fraction of sp³-hybridized carbons (Fsp3) is 0.889. The molecule has 0 spiro atoms. The third-order valence-electron chi connectivity index (χ3n) is 2.10. The minimum atomic E-state index is -0.436. The summed E-state index contributed by atoms with van der Waals surface area (Å²) >= 11 is 0. The molecule has 1 rings (SSSR count). The molecular formula is C9H17NO2. The van der Waals surface area contributed by atoms with E-state index in [0.717, 1.165) is 12.1 Å². The summed E-state index contributed by atoms with van der Waals surface area (Å²) < 4.78 is 0. The number of hydrogen-bond acceptors (Lipinski definition) is 3. The summed E-state index contributed by atoms with van der Waals surface area (Å²) in [5.74, 6) is 0. The monoisotopic (exact) mass is 171 g/mol. The second-order valence-electron chi connectivity index (χ2n) is 4.38. The van der Waals surface area contributed by atoms with Gasteiger partial charge in [0.2, 0.25) is 0 Å². The van der Waals surface area contributed by atoms with Crippen molar-refractivity contribution in [3.63, 3.8) is 0 Å². The molecule has 0 saturated carbocycles. The predicted octanol–water partition coefficient (Wildman–Crippen LogP) is 1.56. The first-order valence-electron chi connectivity index (χ1n) is 4.32. The Morgan fingerprint density at radius 1 is 1.58 bits per heavy atom. The van der Waals surface area contributed by atoms with Crippen molar-refractivity contribution < 1.29 is 9.94 Å². The van der Waals surface area contributed by atoms with Gasteiger partial charge in [0.25, 0.3) is 0 Å². The molecule has 1 N–H and O–H groups in total. The van der Waals surface area contributed by atoms with Crippen LogP contribution in [0, 0.1) is 5.41 Å². The zero-order valence-electron chi connectivity index (χ0n) is 8.16. The molecule has 0 aliphatic carbocycles. The van der Waals surface area contributed by atoms with E-state index in [4.69, 9.17) is 4.84 Å². The van der Waals surface area contributed by atoms with Gasteiger partial charge in [-0.15, -0.1) is 0 Å². The Morgan fingerprint density at radius 2 is 2.17 bits per heavy atom. The molecule has 0 aromatic heterocycles. The SMILES string of the molecule is C[C@@H](O)[C@@H]1CC(C(C)(C)C)=NO1. The molecule has 1 aliphatic heterocycles. The van der Waals surface area contributed by atoms with Gasteiger partial charge >= 0.3 is 0 Å². The maximum absolute atomic E-state index is 9.24. The summed E-state index contributed by atoms with van der Waals surface area (Å²) in [6.07, 6.45) is 0.175. The van der Waals surface area contributed by atoms with Crippen molar-refractivity contribution in [2.75, 3.05) is 0 Å². The first-order chi connectivity index (χ1) is 5.41. The van der Waals surface area contributed by atoms with Crippen LogP contribution >= 0.6 is 0 Å². The van der Waals surface area contributed by atoms with Crippen molar-refractivity contribution in [1.82, 2.24) is 0 Å². The highest BCUT2D eigenvalue weighted by Crippen LogP contribution is 2.26. The topological polar surface area (TPSA) is 41.8 Å². The third kappa shape index (κ3) is 1.97. The minimum Gasteiger partial charge on any atom is -0.389 e. The lowest BCUT2D eigenvalue weighted by Crippen LogP contribution is -2.26. The lowest BCUT2D eigenvalue weighted by molar-refractivity contribution is -0.00780. The zero-order valence-corrected chi connectivity index (χ0v) is 8.16. The molecule has 70 valence electrons. The van der Waals surface area contributed by atoms with Gasteiger partial charge in [0.15, 0.2) is 6.10 Å². The number of hydrogen-bond donors (Lipinski definition) is 1. The van der Waals surface area contributed by atoms with Crippen molar-refractivity contribution >= 4 is 5.71 Å². The fourth-order valence-corrected chi connectivity index (χ4v) is 1.10. The van der Waals surface area contributed by atoms with E-state index in [9.17, 15) is 5.11 Å². The van der Waals surface area contributed by atoms with Gasteiger partial charge < -0.3 is 9.94 Å². The van der Waals surface area contributed by atoms with Crippen LogP contribution in [0.25, 0.3) is 0 Å². The van der Waals surface area contributed by atoms with E-state index in [1.165, 1.54) is 0 Å². The Hall–Kier alpha value is -0.570.